The van der Waals surface area contributed by atoms with Crippen LogP contribution < -0.4 is 0 Å². The molecule has 0 saturated carbocycles. The first-order valence-electron chi connectivity index (χ1n) is 6.16. The van der Waals surface area contributed by atoms with Gasteiger partial charge in [-0.3, -0.25) is 9.69 Å². The number of hydrogen-bond acceptors (Lipinski definition) is 4. The van der Waals surface area contributed by atoms with Gasteiger partial charge in [-0.25, -0.2) is 0 Å². The van der Waals surface area contributed by atoms with Crippen LogP contribution in [0, 0.1) is 5.41 Å². The summed E-state index contributed by atoms with van der Waals surface area (Å²) in [6.07, 6.45) is -0.0449. The van der Waals surface area contributed by atoms with Crippen LogP contribution in [0.2, 0.25) is 0 Å². The smallest absolute Gasteiger partial charge is 0.320 e. The quantitative estimate of drug-likeness (QED) is 0.662. The molecule has 1 heterocycles. The number of aliphatic hydroxyl groups excluding tert-OH is 2. The molecule has 0 bridgehead atoms. The van der Waals surface area contributed by atoms with Gasteiger partial charge >= 0.3 is 5.97 Å². The molecule has 0 aliphatic carbocycles. The lowest BCUT2D eigenvalue weighted by Crippen LogP contribution is -2.53. The zero-order chi connectivity index (χ0) is 13.2. The van der Waals surface area contributed by atoms with Crippen LogP contribution in [-0.2, 0) is 4.79 Å². The maximum atomic E-state index is 11.0. The summed E-state index contributed by atoms with van der Waals surface area (Å²) in [6.45, 7) is 6.20. The average Bonchev–Trinajstić information content (AvgIpc) is 2.75. The Hall–Kier alpha value is -0.650. The van der Waals surface area contributed by atoms with Gasteiger partial charge in [0.2, 0.25) is 0 Å². The van der Waals surface area contributed by atoms with E-state index in [-0.39, 0.29) is 0 Å². The number of likely N-dealkylation sites (tertiary alicyclic amines) is 1. The van der Waals surface area contributed by atoms with Gasteiger partial charge in [0.05, 0.1) is 6.10 Å². The Balaban J connectivity index is 2.75. The molecule has 1 rings (SSSR count). The first-order valence-corrected chi connectivity index (χ1v) is 6.16. The van der Waals surface area contributed by atoms with Crippen molar-refractivity contribution < 1.29 is 20.1 Å². The van der Waals surface area contributed by atoms with E-state index in [2.05, 4.69) is 0 Å². The van der Waals surface area contributed by atoms with Crippen molar-refractivity contribution >= 4 is 5.97 Å². The van der Waals surface area contributed by atoms with E-state index >= 15 is 0 Å². The third kappa shape index (κ3) is 2.97. The van der Waals surface area contributed by atoms with Crippen LogP contribution in [0.3, 0.4) is 0 Å². The van der Waals surface area contributed by atoms with Crippen LogP contribution in [0.5, 0.6) is 0 Å². The Morgan fingerprint density at radius 1 is 1.47 bits per heavy atom. The fraction of sp³-hybridized carbons (Fsp3) is 0.917. The molecule has 0 aromatic carbocycles. The van der Waals surface area contributed by atoms with Crippen LogP contribution in [0.15, 0.2) is 0 Å². The lowest BCUT2D eigenvalue weighted by atomic mass is 9.82. The van der Waals surface area contributed by atoms with Gasteiger partial charge in [0.1, 0.15) is 12.3 Å². The summed E-state index contributed by atoms with van der Waals surface area (Å²) in [7, 11) is 0. The van der Waals surface area contributed by atoms with E-state index in [0.717, 1.165) is 12.8 Å². The van der Waals surface area contributed by atoms with Crippen molar-refractivity contribution in [2.45, 2.75) is 58.4 Å². The fourth-order valence-corrected chi connectivity index (χ4v) is 2.16. The summed E-state index contributed by atoms with van der Waals surface area (Å²) in [4.78, 5) is 12.5. The molecule has 0 aromatic rings. The Bertz CT molecular complexity index is 280. The highest BCUT2D eigenvalue weighted by Crippen LogP contribution is 2.30. The maximum Gasteiger partial charge on any atom is 0.320 e. The Labute approximate surface area is 102 Å². The molecule has 1 saturated heterocycles. The lowest BCUT2D eigenvalue weighted by molar-refractivity contribution is -0.158. The third-order valence-electron chi connectivity index (χ3n) is 3.91. The van der Waals surface area contributed by atoms with E-state index in [0.29, 0.717) is 13.0 Å². The SMILES string of the molecule is CCC(C)(C)C(O)C(O)N1CCC[C@H]1C(=O)O. The number of aliphatic hydroxyl groups is 2. The minimum Gasteiger partial charge on any atom is -0.480 e. The Morgan fingerprint density at radius 3 is 2.53 bits per heavy atom. The van der Waals surface area contributed by atoms with Crippen LogP contribution >= 0.6 is 0 Å². The van der Waals surface area contributed by atoms with Gasteiger partial charge in [0.25, 0.3) is 0 Å². The van der Waals surface area contributed by atoms with Gasteiger partial charge in [-0.2, -0.15) is 0 Å². The molecule has 0 radical (unpaired) electrons. The molecular formula is C12H23NO4. The lowest BCUT2D eigenvalue weighted by Gasteiger charge is -2.38. The molecule has 2 unspecified atom stereocenters. The molecule has 5 heteroatoms. The topological polar surface area (TPSA) is 81.0 Å². The van der Waals surface area contributed by atoms with Crippen molar-refractivity contribution in [2.75, 3.05) is 6.54 Å². The van der Waals surface area contributed by atoms with Crippen molar-refractivity contribution in [3.05, 3.63) is 0 Å². The van der Waals surface area contributed by atoms with Gasteiger partial charge in [-0.05, 0) is 24.7 Å². The van der Waals surface area contributed by atoms with Crippen molar-refractivity contribution in [3.8, 4) is 0 Å². The van der Waals surface area contributed by atoms with Gasteiger partial charge in [0, 0.05) is 6.54 Å². The average molecular weight is 245 g/mol. The van der Waals surface area contributed by atoms with E-state index in [9.17, 15) is 15.0 Å². The summed E-state index contributed by atoms with van der Waals surface area (Å²) < 4.78 is 0. The molecule has 1 fully saturated rings. The number of carbonyl (C=O) groups is 1. The number of aliphatic carboxylic acids is 1. The fourth-order valence-electron chi connectivity index (χ4n) is 2.16. The van der Waals surface area contributed by atoms with Gasteiger partial charge in [-0.15, -0.1) is 0 Å². The van der Waals surface area contributed by atoms with Gasteiger partial charge in [-0.1, -0.05) is 20.8 Å². The molecule has 5 nitrogen and oxygen atoms in total. The number of nitrogens with zero attached hydrogens (tertiary/aromatic N) is 1. The minimum absolute atomic E-state index is 0.426. The van der Waals surface area contributed by atoms with E-state index in [1.165, 1.54) is 4.90 Å². The first-order chi connectivity index (χ1) is 7.81. The van der Waals surface area contributed by atoms with Crippen molar-refractivity contribution in [1.82, 2.24) is 4.90 Å². The zero-order valence-electron chi connectivity index (χ0n) is 10.8. The number of carboxylic acid groups (broad SMARTS) is 1. The van der Waals surface area contributed by atoms with Crippen LogP contribution in [0.4, 0.5) is 0 Å². The van der Waals surface area contributed by atoms with Crippen LogP contribution in [-0.4, -0.2) is 51.1 Å². The second-order valence-corrected chi connectivity index (χ2v) is 5.43. The summed E-state index contributed by atoms with van der Waals surface area (Å²) in [5.41, 5.74) is -0.426. The molecule has 3 atom stereocenters. The predicted molar refractivity (Wildman–Crippen MR) is 63.4 cm³/mol. The Morgan fingerprint density at radius 2 is 2.06 bits per heavy atom. The zero-order valence-corrected chi connectivity index (χ0v) is 10.8. The first kappa shape index (κ1) is 14.4. The summed E-state index contributed by atoms with van der Waals surface area (Å²) in [5, 5.41) is 29.3. The van der Waals surface area contributed by atoms with Crippen molar-refractivity contribution in [1.29, 1.82) is 0 Å². The van der Waals surface area contributed by atoms with Gasteiger partial charge < -0.3 is 15.3 Å². The summed E-state index contributed by atoms with van der Waals surface area (Å²) >= 11 is 0. The van der Waals surface area contributed by atoms with E-state index < -0.39 is 29.8 Å². The third-order valence-corrected chi connectivity index (χ3v) is 3.91. The monoisotopic (exact) mass is 245 g/mol. The number of carboxylic acids is 1. The standard InChI is InChI=1S/C12H23NO4/c1-4-12(2,3)9(14)10(15)13-7-5-6-8(13)11(16)17/h8-10,14-15H,4-7H2,1-3H3,(H,16,17)/t8-,9?,10?/m0/s1. The van der Waals surface area contributed by atoms with E-state index in [1.54, 1.807) is 0 Å². The predicted octanol–water partition coefficient (Wildman–Crippen LogP) is 0.651. The maximum absolute atomic E-state index is 11.0. The largest absolute Gasteiger partial charge is 0.480 e. The molecular weight excluding hydrogens is 222 g/mol. The van der Waals surface area contributed by atoms with Crippen LogP contribution in [0.1, 0.15) is 40.0 Å². The highest BCUT2D eigenvalue weighted by atomic mass is 16.4. The molecule has 0 aromatic heterocycles. The minimum atomic E-state index is -1.10. The molecule has 0 amide bonds. The van der Waals surface area contributed by atoms with Crippen molar-refractivity contribution in [3.63, 3.8) is 0 Å². The number of rotatable bonds is 5. The second-order valence-electron chi connectivity index (χ2n) is 5.43. The summed E-state index contributed by atoms with van der Waals surface area (Å²) in [6, 6.07) is -0.674. The molecule has 3 N–H and O–H groups in total. The number of hydrogen-bond donors (Lipinski definition) is 3. The molecule has 0 spiro atoms. The van der Waals surface area contributed by atoms with Crippen LogP contribution in [0.25, 0.3) is 0 Å². The second kappa shape index (κ2) is 5.33. The highest BCUT2D eigenvalue weighted by molar-refractivity contribution is 5.73. The molecule has 17 heavy (non-hydrogen) atoms. The van der Waals surface area contributed by atoms with Crippen molar-refractivity contribution in [2.24, 2.45) is 5.41 Å². The molecule has 100 valence electrons. The summed E-state index contributed by atoms with van der Waals surface area (Å²) in [5.74, 6) is -0.928. The highest BCUT2D eigenvalue weighted by Gasteiger charge is 2.41. The normalized spacial score (nSPS) is 25.8. The van der Waals surface area contributed by atoms with E-state index in [4.69, 9.17) is 5.11 Å². The molecule has 1 aliphatic rings. The van der Waals surface area contributed by atoms with Gasteiger partial charge in [0.15, 0.2) is 0 Å². The van der Waals surface area contributed by atoms with E-state index in [1.807, 2.05) is 20.8 Å². The Kier molecular flexibility index (Phi) is 4.52. The molecule has 1 aliphatic heterocycles.